The van der Waals surface area contributed by atoms with E-state index in [2.05, 4.69) is 6.58 Å². The third-order valence-electron chi connectivity index (χ3n) is 4.35. The Morgan fingerprint density at radius 3 is 1.88 bits per heavy atom. The van der Waals surface area contributed by atoms with Crippen LogP contribution < -0.4 is 9.34 Å². The van der Waals surface area contributed by atoms with E-state index in [0.717, 1.165) is 11.4 Å². The zero-order valence-electron chi connectivity index (χ0n) is 14.9. The molecule has 1 saturated heterocycles. The molecule has 0 spiro atoms. The van der Waals surface area contributed by atoms with Crippen LogP contribution in [0.15, 0.2) is 72.6 Å². The lowest BCUT2D eigenvalue weighted by atomic mass is 10.3. The number of para-hydroxylation sites is 2. The van der Waals surface area contributed by atoms with E-state index in [1.165, 1.54) is 11.8 Å². The first-order valence-electron chi connectivity index (χ1n) is 8.67. The predicted octanol–water partition coefficient (Wildman–Crippen LogP) is 5.39. The fourth-order valence-electron chi connectivity index (χ4n) is 3.19. The van der Waals surface area contributed by atoms with Crippen LogP contribution in [-0.2, 0) is 9.36 Å². The number of benzene rings is 2. The molecule has 2 aromatic carbocycles. The molecule has 26 heavy (non-hydrogen) atoms. The van der Waals surface area contributed by atoms with E-state index in [-0.39, 0.29) is 11.5 Å². The van der Waals surface area contributed by atoms with Crippen LogP contribution in [0.3, 0.4) is 0 Å². The van der Waals surface area contributed by atoms with Gasteiger partial charge in [-0.2, -0.15) is 0 Å². The molecule has 0 aliphatic carbocycles. The third kappa shape index (κ3) is 3.60. The lowest BCUT2D eigenvalue weighted by molar-refractivity contribution is -0.110. The van der Waals surface area contributed by atoms with Crippen LogP contribution in [0.1, 0.15) is 13.3 Å². The average molecular weight is 386 g/mol. The van der Waals surface area contributed by atoms with Crippen molar-refractivity contribution in [2.24, 2.45) is 0 Å². The highest BCUT2D eigenvalue weighted by molar-refractivity contribution is 8.13. The van der Waals surface area contributed by atoms with Crippen molar-refractivity contribution in [3.8, 4) is 0 Å². The Morgan fingerprint density at radius 1 is 1.00 bits per heavy atom. The van der Waals surface area contributed by atoms with Gasteiger partial charge in [0.15, 0.2) is 5.12 Å². The molecule has 0 bridgehead atoms. The number of anilines is 2. The van der Waals surface area contributed by atoms with Crippen LogP contribution in [0.4, 0.5) is 11.4 Å². The van der Waals surface area contributed by atoms with Crippen LogP contribution in [0, 0.1) is 0 Å². The van der Waals surface area contributed by atoms with Crippen molar-refractivity contribution in [2.75, 3.05) is 28.2 Å². The summed E-state index contributed by atoms with van der Waals surface area (Å²) < 4.78 is 18.2. The molecule has 3 rings (SSSR count). The van der Waals surface area contributed by atoms with E-state index in [1.54, 1.807) is 0 Å². The summed E-state index contributed by atoms with van der Waals surface area (Å²) in [5.41, 5.74) is 1.79. The Hall–Kier alpha value is -1.97. The number of carbonyl (C=O) groups excluding carboxylic acids is 1. The molecule has 6 heteroatoms. The van der Waals surface area contributed by atoms with Gasteiger partial charge in [-0.15, -0.1) is 0 Å². The second-order valence-corrected chi connectivity index (χ2v) is 10.0. The Labute approximate surface area is 159 Å². The van der Waals surface area contributed by atoms with Gasteiger partial charge in [0.2, 0.25) is 0 Å². The van der Waals surface area contributed by atoms with E-state index >= 15 is 0 Å². The second-order valence-electron chi connectivity index (χ2n) is 6.01. The molecule has 136 valence electrons. The summed E-state index contributed by atoms with van der Waals surface area (Å²) in [6.07, 6.45) is 0.127. The van der Waals surface area contributed by atoms with Crippen LogP contribution in [0.2, 0.25) is 0 Å². The van der Waals surface area contributed by atoms with Gasteiger partial charge in [0.1, 0.15) is 0 Å². The minimum Gasteiger partial charge on any atom is -0.302 e. The highest BCUT2D eigenvalue weighted by Gasteiger charge is 2.45. The molecule has 1 aliphatic heterocycles. The van der Waals surface area contributed by atoms with E-state index in [9.17, 15) is 9.36 Å². The molecular formula is C20H23N2O2PS. The molecule has 0 unspecified atom stereocenters. The summed E-state index contributed by atoms with van der Waals surface area (Å²) >= 11 is 1.25. The molecule has 0 radical (unpaired) electrons. The summed E-state index contributed by atoms with van der Waals surface area (Å²) in [6, 6.07) is 19.4. The van der Waals surface area contributed by atoms with Gasteiger partial charge in [0.05, 0.1) is 0 Å². The number of hydrogen-bond donors (Lipinski definition) is 0. The topological polar surface area (TPSA) is 40.6 Å². The largest absolute Gasteiger partial charge is 0.302 e. The van der Waals surface area contributed by atoms with Gasteiger partial charge in [-0.05, 0) is 30.0 Å². The van der Waals surface area contributed by atoms with Crippen molar-refractivity contribution in [2.45, 2.75) is 13.3 Å². The normalized spacial score (nSPS) is 15.9. The molecule has 0 amide bonds. The Kier molecular flexibility index (Phi) is 5.90. The number of allylic oxidation sites excluding steroid dienone is 1. The van der Waals surface area contributed by atoms with Crippen LogP contribution >= 0.6 is 19.2 Å². The van der Waals surface area contributed by atoms with E-state index in [0.29, 0.717) is 24.2 Å². The van der Waals surface area contributed by atoms with E-state index in [4.69, 9.17) is 0 Å². The lowest BCUT2D eigenvalue weighted by Gasteiger charge is -2.33. The molecule has 4 nitrogen and oxygen atoms in total. The van der Waals surface area contributed by atoms with Gasteiger partial charge >= 0.3 is 0 Å². The lowest BCUT2D eigenvalue weighted by Crippen LogP contribution is -2.20. The maximum absolute atomic E-state index is 14.3. The van der Waals surface area contributed by atoms with Gasteiger partial charge in [-0.25, -0.2) is 0 Å². The van der Waals surface area contributed by atoms with Crippen LogP contribution in [-0.4, -0.2) is 24.0 Å². The second kappa shape index (κ2) is 8.15. The zero-order chi connectivity index (χ0) is 18.6. The molecule has 1 fully saturated rings. The SMILES string of the molecule is C=C(CC(=O)SCC)P1(=O)N(c2ccccc2)CCN1c1ccccc1. The number of hydrogen-bond acceptors (Lipinski definition) is 3. The molecule has 1 heterocycles. The minimum atomic E-state index is -3.16. The van der Waals surface area contributed by atoms with Crippen LogP contribution in [0.25, 0.3) is 0 Å². The van der Waals surface area contributed by atoms with Crippen molar-refractivity contribution >= 4 is 35.7 Å². The summed E-state index contributed by atoms with van der Waals surface area (Å²) in [5.74, 6) is 0.710. The standard InChI is InChI=1S/C20H23N2O2PS/c1-3-26-20(23)16-17(2)25(24)21(18-10-6-4-7-11-18)14-15-22(25)19-12-8-5-9-13-19/h4-13H,2-3,14-16H2,1H3. The van der Waals surface area contributed by atoms with Crippen molar-refractivity contribution in [3.63, 3.8) is 0 Å². The maximum Gasteiger partial charge on any atom is 0.288 e. The average Bonchev–Trinajstić information content (AvgIpc) is 3.02. The fraction of sp³-hybridized carbons (Fsp3) is 0.250. The Morgan fingerprint density at radius 2 is 1.46 bits per heavy atom. The van der Waals surface area contributed by atoms with Crippen molar-refractivity contribution in [1.29, 1.82) is 0 Å². The summed E-state index contributed by atoms with van der Waals surface area (Å²) in [5, 5.41) is 0.509. The summed E-state index contributed by atoms with van der Waals surface area (Å²) in [4.78, 5) is 12.2. The maximum atomic E-state index is 14.3. The molecule has 2 aromatic rings. The molecule has 0 saturated carbocycles. The van der Waals surface area contributed by atoms with Gasteiger partial charge in [-0.1, -0.05) is 61.7 Å². The number of carbonyl (C=O) groups is 1. The summed E-state index contributed by atoms with van der Waals surface area (Å²) in [7, 11) is -3.16. The van der Waals surface area contributed by atoms with Crippen molar-refractivity contribution in [1.82, 2.24) is 0 Å². The Bertz CT molecular complexity index is 775. The first kappa shape index (κ1) is 18.8. The Balaban J connectivity index is 2.00. The summed E-state index contributed by atoms with van der Waals surface area (Å²) in [6.45, 7) is 7.30. The highest BCUT2D eigenvalue weighted by atomic mass is 32.2. The molecular weight excluding hydrogens is 363 g/mol. The number of thioether (sulfide) groups is 1. The monoisotopic (exact) mass is 386 g/mol. The first-order chi connectivity index (χ1) is 12.6. The number of nitrogens with zero attached hydrogens (tertiary/aromatic N) is 2. The molecule has 1 aliphatic rings. The van der Waals surface area contributed by atoms with Crippen molar-refractivity contribution < 1.29 is 9.36 Å². The quantitative estimate of drug-likeness (QED) is 0.623. The number of rotatable bonds is 6. The van der Waals surface area contributed by atoms with Crippen LogP contribution in [0.5, 0.6) is 0 Å². The first-order valence-corrected chi connectivity index (χ1v) is 11.3. The zero-order valence-corrected chi connectivity index (χ0v) is 16.6. The predicted molar refractivity (Wildman–Crippen MR) is 112 cm³/mol. The van der Waals surface area contributed by atoms with Gasteiger partial charge < -0.3 is 9.34 Å². The molecule has 0 atom stereocenters. The van der Waals surface area contributed by atoms with E-state index < -0.39 is 7.44 Å². The van der Waals surface area contributed by atoms with Gasteiger partial charge in [0, 0.05) is 36.2 Å². The van der Waals surface area contributed by atoms with Gasteiger partial charge in [-0.3, -0.25) is 9.36 Å². The minimum absolute atomic E-state index is 0.0145. The van der Waals surface area contributed by atoms with E-state index in [1.807, 2.05) is 76.9 Å². The van der Waals surface area contributed by atoms with Crippen molar-refractivity contribution in [3.05, 3.63) is 72.6 Å². The molecule has 0 N–H and O–H groups in total. The third-order valence-corrected chi connectivity index (χ3v) is 8.26. The fourth-order valence-corrected chi connectivity index (χ4v) is 6.80. The smallest absolute Gasteiger partial charge is 0.288 e. The highest BCUT2D eigenvalue weighted by Crippen LogP contribution is 2.65. The van der Waals surface area contributed by atoms with Gasteiger partial charge in [0.25, 0.3) is 7.44 Å². The molecule has 0 aromatic heterocycles.